The molecule has 160 valence electrons. The average Bonchev–Trinajstić information content (AvgIpc) is 2.69. The summed E-state index contributed by atoms with van der Waals surface area (Å²) < 4.78 is 32.2. The van der Waals surface area contributed by atoms with Crippen LogP contribution in [-0.2, 0) is 32.1 Å². The Labute approximate surface area is 178 Å². The molecule has 1 N–H and O–H groups in total. The number of esters is 1. The van der Waals surface area contributed by atoms with E-state index in [1.807, 2.05) is 30.3 Å². The van der Waals surface area contributed by atoms with Crippen LogP contribution in [0.5, 0.6) is 0 Å². The van der Waals surface area contributed by atoms with Gasteiger partial charge in [0.1, 0.15) is 24.3 Å². The van der Waals surface area contributed by atoms with Crippen LogP contribution in [0.4, 0.5) is 8.78 Å². The monoisotopic (exact) mass is 435 g/mol. The Hall–Kier alpha value is -2.74. The van der Waals surface area contributed by atoms with Gasteiger partial charge in [0, 0.05) is 18.7 Å². The van der Waals surface area contributed by atoms with E-state index in [1.54, 1.807) is 0 Å². The van der Waals surface area contributed by atoms with E-state index < -0.39 is 35.5 Å². The predicted octanol–water partition coefficient (Wildman–Crippen LogP) is 3.65. The minimum absolute atomic E-state index is 0.0204. The molecule has 0 saturated carbocycles. The molecule has 0 bridgehead atoms. The fraction of sp³-hybridized carbons (Fsp3) is 0.318. The molecule has 8 heteroatoms. The van der Waals surface area contributed by atoms with Gasteiger partial charge in [0.2, 0.25) is 5.91 Å². The molecule has 0 aliphatic rings. The van der Waals surface area contributed by atoms with Crippen LogP contribution in [-0.4, -0.2) is 28.8 Å². The van der Waals surface area contributed by atoms with Crippen LogP contribution in [0, 0.1) is 17.6 Å². The Morgan fingerprint density at radius 2 is 1.67 bits per heavy atom. The Morgan fingerprint density at radius 1 is 1.03 bits per heavy atom. The highest BCUT2D eigenvalue weighted by Crippen LogP contribution is 2.18. The van der Waals surface area contributed by atoms with Crippen molar-refractivity contribution in [1.29, 1.82) is 0 Å². The molecule has 0 aliphatic carbocycles. The zero-order valence-corrected chi connectivity index (χ0v) is 17.5. The van der Waals surface area contributed by atoms with E-state index >= 15 is 0 Å². The fourth-order valence-corrected chi connectivity index (χ4v) is 3.41. The topological polar surface area (TPSA) is 72.5 Å². The summed E-state index contributed by atoms with van der Waals surface area (Å²) in [6.45, 7) is 2.93. The first-order chi connectivity index (χ1) is 14.2. The van der Waals surface area contributed by atoms with Crippen molar-refractivity contribution in [2.75, 3.05) is 5.75 Å². The molecule has 2 rings (SSSR count). The molecular formula is C22H23F2NO4S. The number of benzene rings is 2. The normalized spacial score (nSPS) is 12.7. The Balaban J connectivity index is 1.99. The Morgan fingerprint density at radius 3 is 2.27 bits per heavy atom. The lowest BCUT2D eigenvalue weighted by Gasteiger charge is -2.19. The molecular weight excluding hydrogens is 412 g/mol. The molecule has 0 aromatic heterocycles. The maximum atomic E-state index is 13.5. The fourth-order valence-electron chi connectivity index (χ4n) is 2.70. The van der Waals surface area contributed by atoms with E-state index in [4.69, 9.17) is 4.74 Å². The summed E-state index contributed by atoms with van der Waals surface area (Å²) in [5, 5.41) is 2.38. The van der Waals surface area contributed by atoms with Gasteiger partial charge in [0.05, 0.1) is 5.92 Å². The molecule has 2 atom stereocenters. The highest BCUT2D eigenvalue weighted by molar-refractivity contribution is 8.13. The third-order valence-electron chi connectivity index (χ3n) is 4.20. The van der Waals surface area contributed by atoms with Gasteiger partial charge in [-0.3, -0.25) is 9.59 Å². The van der Waals surface area contributed by atoms with Crippen molar-refractivity contribution in [3.8, 4) is 0 Å². The van der Waals surface area contributed by atoms with Crippen LogP contribution >= 0.6 is 11.8 Å². The molecule has 1 amide bonds. The van der Waals surface area contributed by atoms with Crippen LogP contribution in [0.1, 0.15) is 25.0 Å². The van der Waals surface area contributed by atoms with Gasteiger partial charge in [-0.1, -0.05) is 42.1 Å². The number of hydrogen-bond donors (Lipinski definition) is 1. The van der Waals surface area contributed by atoms with Crippen molar-refractivity contribution in [3.63, 3.8) is 0 Å². The lowest BCUT2D eigenvalue weighted by atomic mass is 9.99. The average molecular weight is 435 g/mol. The summed E-state index contributed by atoms with van der Waals surface area (Å²) in [6, 6.07) is 11.2. The summed E-state index contributed by atoms with van der Waals surface area (Å²) in [5.41, 5.74) is 1.10. The Kier molecular flexibility index (Phi) is 8.98. The van der Waals surface area contributed by atoms with Gasteiger partial charge < -0.3 is 10.1 Å². The maximum absolute atomic E-state index is 13.5. The number of carbonyl (C=O) groups excluding carboxylic acids is 3. The molecule has 2 aromatic carbocycles. The van der Waals surface area contributed by atoms with Gasteiger partial charge in [-0.25, -0.2) is 13.6 Å². The van der Waals surface area contributed by atoms with Gasteiger partial charge in [-0.2, -0.15) is 0 Å². The SMILES string of the molecule is CC(=O)SC[C@@H](Cc1cc(F)cc(F)c1)C(=O)N[C@@H](C)C(=O)OCc1ccccc1. The number of rotatable bonds is 9. The molecule has 2 aromatic rings. The summed E-state index contributed by atoms with van der Waals surface area (Å²) >= 11 is 0.935. The molecule has 0 aliphatic heterocycles. The van der Waals surface area contributed by atoms with Crippen molar-refractivity contribution >= 4 is 28.8 Å². The van der Waals surface area contributed by atoms with E-state index in [1.165, 1.54) is 13.8 Å². The summed E-state index contributed by atoms with van der Waals surface area (Å²) in [5.74, 6) is -3.25. The van der Waals surface area contributed by atoms with Crippen molar-refractivity contribution in [2.24, 2.45) is 5.92 Å². The van der Waals surface area contributed by atoms with E-state index in [2.05, 4.69) is 5.32 Å². The summed E-state index contributed by atoms with van der Waals surface area (Å²) in [7, 11) is 0. The van der Waals surface area contributed by atoms with Crippen molar-refractivity contribution in [2.45, 2.75) is 32.9 Å². The third kappa shape index (κ3) is 7.94. The molecule has 0 fully saturated rings. The van der Waals surface area contributed by atoms with Gasteiger partial charge in [-0.15, -0.1) is 0 Å². The second kappa shape index (κ2) is 11.4. The first kappa shape index (κ1) is 23.5. The predicted molar refractivity (Wildman–Crippen MR) is 111 cm³/mol. The minimum Gasteiger partial charge on any atom is -0.459 e. The standard InChI is InChI=1S/C22H23F2NO4S/c1-14(22(28)29-12-16-6-4-3-5-7-16)25-21(27)18(13-30-15(2)26)8-17-9-19(23)11-20(24)10-17/h3-7,9-11,14,18H,8,12-13H2,1-2H3,(H,25,27)/t14-,18+/m0/s1. The van der Waals surface area contributed by atoms with E-state index in [0.29, 0.717) is 0 Å². The smallest absolute Gasteiger partial charge is 0.328 e. The number of halogens is 2. The largest absolute Gasteiger partial charge is 0.459 e. The molecule has 0 spiro atoms. The highest BCUT2D eigenvalue weighted by atomic mass is 32.2. The maximum Gasteiger partial charge on any atom is 0.328 e. The molecule has 0 unspecified atom stereocenters. The van der Waals surface area contributed by atoms with Crippen molar-refractivity contribution in [3.05, 3.63) is 71.3 Å². The zero-order chi connectivity index (χ0) is 22.1. The molecule has 0 radical (unpaired) electrons. The van der Waals surface area contributed by atoms with Crippen LogP contribution in [0.15, 0.2) is 48.5 Å². The van der Waals surface area contributed by atoms with Crippen LogP contribution in [0.25, 0.3) is 0 Å². The van der Waals surface area contributed by atoms with Crippen LogP contribution in [0.3, 0.4) is 0 Å². The molecule has 5 nitrogen and oxygen atoms in total. The summed E-state index contributed by atoms with van der Waals surface area (Å²) in [4.78, 5) is 36.2. The van der Waals surface area contributed by atoms with Gasteiger partial charge >= 0.3 is 5.97 Å². The first-order valence-electron chi connectivity index (χ1n) is 9.34. The minimum atomic E-state index is -0.921. The van der Waals surface area contributed by atoms with Crippen molar-refractivity contribution in [1.82, 2.24) is 5.32 Å². The van der Waals surface area contributed by atoms with Gasteiger partial charge in [-0.05, 0) is 36.6 Å². The number of hydrogen-bond acceptors (Lipinski definition) is 5. The first-order valence-corrected chi connectivity index (χ1v) is 10.3. The second-order valence-electron chi connectivity index (χ2n) is 6.80. The number of carbonyl (C=O) groups is 3. The third-order valence-corrected chi connectivity index (χ3v) is 5.17. The number of amides is 1. The highest BCUT2D eigenvalue weighted by Gasteiger charge is 2.25. The number of thioether (sulfide) groups is 1. The van der Waals surface area contributed by atoms with Crippen molar-refractivity contribution < 1.29 is 27.9 Å². The lowest BCUT2D eigenvalue weighted by molar-refractivity contribution is -0.148. The van der Waals surface area contributed by atoms with E-state index in [-0.39, 0.29) is 29.5 Å². The van der Waals surface area contributed by atoms with E-state index in [9.17, 15) is 23.2 Å². The number of ether oxygens (including phenoxy) is 1. The van der Waals surface area contributed by atoms with E-state index in [0.717, 1.165) is 35.5 Å². The molecule has 0 saturated heterocycles. The Bertz CT molecular complexity index is 872. The second-order valence-corrected chi connectivity index (χ2v) is 8.00. The van der Waals surface area contributed by atoms with Crippen LogP contribution in [0.2, 0.25) is 0 Å². The van der Waals surface area contributed by atoms with Gasteiger partial charge in [0.25, 0.3) is 0 Å². The van der Waals surface area contributed by atoms with Gasteiger partial charge in [0.15, 0.2) is 5.12 Å². The lowest BCUT2D eigenvalue weighted by Crippen LogP contribution is -2.43. The zero-order valence-electron chi connectivity index (χ0n) is 16.7. The quantitative estimate of drug-likeness (QED) is 0.609. The summed E-state index contributed by atoms with van der Waals surface area (Å²) in [6.07, 6.45) is 0.0204. The molecule has 30 heavy (non-hydrogen) atoms. The molecule has 0 heterocycles. The number of nitrogens with one attached hydrogen (secondary N) is 1. The van der Waals surface area contributed by atoms with Crippen LogP contribution < -0.4 is 5.32 Å².